The number of nitrogens with two attached hydrogens (primary N) is 1. The Bertz CT molecular complexity index is 214. The molecule has 0 fully saturated rings. The second-order valence-electron chi connectivity index (χ2n) is 3.43. The van der Waals surface area contributed by atoms with E-state index in [2.05, 4.69) is 41.6 Å². The van der Waals surface area contributed by atoms with Crippen LogP contribution in [-0.4, -0.2) is 22.7 Å². The molecule has 0 aromatic carbocycles. The maximum absolute atomic E-state index is 10.3. The van der Waals surface area contributed by atoms with Crippen LogP contribution in [-0.2, 0) is 9.63 Å². The van der Waals surface area contributed by atoms with Crippen molar-refractivity contribution in [2.75, 3.05) is 11.0 Å². The molecule has 0 aliphatic carbocycles. The Labute approximate surface area is 92.0 Å². The third-order valence-electron chi connectivity index (χ3n) is 1.72. The first kappa shape index (κ1) is 12.7. The van der Waals surface area contributed by atoms with Crippen LogP contribution in [0.25, 0.3) is 0 Å². The van der Waals surface area contributed by atoms with Gasteiger partial charge in [-0.15, -0.1) is 0 Å². The number of carbonyl (C=O) groups is 1. The molecule has 0 radical (unpaired) electrons. The van der Waals surface area contributed by atoms with E-state index in [1.807, 2.05) is 6.92 Å². The lowest BCUT2D eigenvalue weighted by molar-refractivity contribution is -0.122. The van der Waals surface area contributed by atoms with E-state index in [1.165, 1.54) is 0 Å². The highest BCUT2D eigenvalue weighted by Gasteiger charge is 2.20. The van der Waals surface area contributed by atoms with Gasteiger partial charge in [-0.3, -0.25) is 4.79 Å². The summed E-state index contributed by atoms with van der Waals surface area (Å²) in [6, 6.07) is 0. The number of carbonyl (C=O) groups excluding carboxylic acids is 1. The number of halogens is 1. The lowest BCUT2D eigenvalue weighted by Gasteiger charge is -2.20. The third kappa shape index (κ3) is 5.07. The maximum atomic E-state index is 10.3. The first-order chi connectivity index (χ1) is 5.90. The zero-order valence-electron chi connectivity index (χ0n) is 8.13. The molecule has 0 heterocycles. The van der Waals surface area contributed by atoms with Gasteiger partial charge in [-0.1, -0.05) is 41.6 Å². The molecule has 2 N–H and O–H groups in total. The Kier molecular flexibility index (Phi) is 5.27. The smallest absolute Gasteiger partial charge is 0.258 e. The molecule has 0 bridgehead atoms. The van der Waals surface area contributed by atoms with Crippen LogP contribution in [0.2, 0.25) is 0 Å². The minimum Gasteiger partial charge on any atom is -0.386 e. The first-order valence-corrected chi connectivity index (χ1v) is 5.44. The topological polar surface area (TPSA) is 64.7 Å². The normalized spacial score (nSPS) is 12.8. The fourth-order valence-corrected chi connectivity index (χ4v) is 0.965. The first-order valence-electron chi connectivity index (χ1n) is 3.91. The van der Waals surface area contributed by atoms with Gasteiger partial charge in [0.2, 0.25) is 0 Å². The van der Waals surface area contributed by atoms with Crippen molar-refractivity contribution in [1.29, 1.82) is 0 Å². The lowest BCUT2D eigenvalue weighted by atomic mass is 9.91. The van der Waals surface area contributed by atoms with Crippen molar-refractivity contribution in [1.82, 2.24) is 0 Å². The summed E-state index contributed by atoms with van der Waals surface area (Å²) in [5.41, 5.74) is 5.75. The average molecular weight is 298 g/mol. The van der Waals surface area contributed by atoms with Crippen molar-refractivity contribution in [3.63, 3.8) is 0 Å². The number of oxime groups is 1. The maximum Gasteiger partial charge on any atom is 0.258 e. The summed E-state index contributed by atoms with van der Waals surface area (Å²) in [7, 11) is 0. The van der Waals surface area contributed by atoms with Crippen molar-refractivity contribution in [2.24, 2.45) is 16.3 Å². The Hall–Kier alpha value is -0.330. The van der Waals surface area contributed by atoms with E-state index in [-0.39, 0.29) is 12.0 Å². The molecule has 0 saturated heterocycles. The van der Waals surface area contributed by atoms with E-state index in [1.54, 1.807) is 0 Å². The highest BCUT2D eigenvalue weighted by Crippen LogP contribution is 2.20. The van der Waals surface area contributed by atoms with Gasteiger partial charge in [-0.25, -0.2) is 0 Å². The monoisotopic (exact) mass is 298 g/mol. The van der Waals surface area contributed by atoms with Crippen LogP contribution in [0.5, 0.6) is 0 Å². The van der Waals surface area contributed by atoms with Gasteiger partial charge in [0.15, 0.2) is 6.61 Å². The molecule has 1 amide bonds. The summed E-state index contributed by atoms with van der Waals surface area (Å²) in [5, 5.41) is 3.82. The number of amides is 1. The van der Waals surface area contributed by atoms with Crippen LogP contribution >= 0.6 is 22.6 Å². The van der Waals surface area contributed by atoms with Gasteiger partial charge in [0, 0.05) is 9.84 Å². The van der Waals surface area contributed by atoms with Crippen LogP contribution in [0.4, 0.5) is 0 Å². The molecule has 0 unspecified atom stereocenters. The number of rotatable bonds is 5. The molecule has 0 saturated carbocycles. The van der Waals surface area contributed by atoms with Gasteiger partial charge >= 0.3 is 0 Å². The fraction of sp³-hybridized carbons (Fsp3) is 0.750. The van der Waals surface area contributed by atoms with Crippen molar-refractivity contribution in [3.05, 3.63) is 0 Å². The van der Waals surface area contributed by atoms with Crippen molar-refractivity contribution >= 4 is 34.2 Å². The average Bonchev–Trinajstić information content (AvgIpc) is 2.03. The Morgan fingerprint density at radius 3 is 2.54 bits per heavy atom. The van der Waals surface area contributed by atoms with Gasteiger partial charge < -0.3 is 10.6 Å². The summed E-state index contributed by atoms with van der Waals surface area (Å²) in [5.74, 6) is -0.510. The van der Waals surface area contributed by atoms with Crippen LogP contribution in [0.15, 0.2) is 5.16 Å². The highest BCUT2D eigenvalue weighted by molar-refractivity contribution is 14.1. The van der Waals surface area contributed by atoms with Gasteiger partial charge in [0.1, 0.15) is 0 Å². The van der Waals surface area contributed by atoms with E-state index in [0.717, 1.165) is 10.1 Å². The number of hydrogen-bond donors (Lipinski definition) is 1. The molecule has 0 rings (SSSR count). The molecule has 4 nitrogen and oxygen atoms in total. The Morgan fingerprint density at radius 1 is 1.62 bits per heavy atom. The zero-order chi connectivity index (χ0) is 10.5. The quantitative estimate of drug-likeness (QED) is 0.360. The summed E-state index contributed by atoms with van der Waals surface area (Å²) >= 11 is 2.28. The summed E-state index contributed by atoms with van der Waals surface area (Å²) in [6.07, 6.45) is 0. The summed E-state index contributed by atoms with van der Waals surface area (Å²) in [4.78, 5) is 15.1. The molecule has 13 heavy (non-hydrogen) atoms. The van der Waals surface area contributed by atoms with Crippen LogP contribution < -0.4 is 5.73 Å². The van der Waals surface area contributed by atoms with Crippen LogP contribution in [0, 0.1) is 5.41 Å². The molecule has 76 valence electrons. The van der Waals surface area contributed by atoms with Crippen molar-refractivity contribution < 1.29 is 9.63 Å². The number of nitrogens with zero attached hydrogens (tertiary/aromatic N) is 1. The van der Waals surface area contributed by atoms with E-state index < -0.39 is 5.91 Å². The minimum absolute atomic E-state index is 0.00178. The molecule has 0 aromatic rings. The molecule has 0 atom stereocenters. The third-order valence-corrected chi connectivity index (χ3v) is 3.63. The largest absolute Gasteiger partial charge is 0.386 e. The van der Waals surface area contributed by atoms with Gasteiger partial charge in [-0.2, -0.15) is 0 Å². The fourth-order valence-electron chi connectivity index (χ4n) is 0.413. The zero-order valence-corrected chi connectivity index (χ0v) is 10.3. The van der Waals surface area contributed by atoms with Crippen LogP contribution in [0.1, 0.15) is 20.8 Å². The van der Waals surface area contributed by atoms with Crippen LogP contribution in [0.3, 0.4) is 0 Å². The second-order valence-corrected chi connectivity index (χ2v) is 4.20. The molecular formula is C8H15IN2O2. The molecule has 0 aliphatic rings. The molecule has 0 aliphatic heterocycles. The van der Waals surface area contributed by atoms with E-state index in [4.69, 9.17) is 10.6 Å². The lowest BCUT2D eigenvalue weighted by Crippen LogP contribution is -2.24. The number of hydrogen-bond acceptors (Lipinski definition) is 3. The molecule has 0 spiro atoms. The SMILES string of the molecule is C/C(=N\OCC(N)=O)C(C)(C)CI. The minimum atomic E-state index is -0.510. The van der Waals surface area contributed by atoms with Gasteiger partial charge in [-0.05, 0) is 6.92 Å². The highest BCUT2D eigenvalue weighted by atomic mass is 127. The number of primary amides is 1. The van der Waals surface area contributed by atoms with E-state index in [0.29, 0.717) is 0 Å². The van der Waals surface area contributed by atoms with Crippen molar-refractivity contribution in [2.45, 2.75) is 20.8 Å². The standard InChI is InChI=1S/C8H15IN2O2/c1-6(8(2,3)5-9)11-13-4-7(10)12/h4-5H2,1-3H3,(H2,10,12)/b11-6+. The second kappa shape index (κ2) is 5.41. The molecular weight excluding hydrogens is 283 g/mol. The van der Waals surface area contributed by atoms with Gasteiger partial charge in [0.05, 0.1) is 5.71 Å². The van der Waals surface area contributed by atoms with E-state index >= 15 is 0 Å². The Morgan fingerprint density at radius 2 is 2.15 bits per heavy atom. The van der Waals surface area contributed by atoms with Crippen molar-refractivity contribution in [3.8, 4) is 0 Å². The van der Waals surface area contributed by atoms with E-state index in [9.17, 15) is 4.79 Å². The number of alkyl halides is 1. The Balaban J connectivity index is 4.09. The predicted molar refractivity (Wildman–Crippen MR) is 60.9 cm³/mol. The molecule has 0 aromatic heterocycles. The molecule has 5 heteroatoms. The summed E-state index contributed by atoms with van der Waals surface area (Å²) in [6.45, 7) is 5.84. The predicted octanol–water partition coefficient (Wildman–Crippen LogP) is 1.33. The summed E-state index contributed by atoms with van der Waals surface area (Å²) < 4.78 is 0.944. The van der Waals surface area contributed by atoms with Gasteiger partial charge in [0.25, 0.3) is 5.91 Å².